The Morgan fingerprint density at radius 2 is 2.12 bits per heavy atom. The topological polar surface area (TPSA) is 69.4 Å². The highest BCUT2D eigenvalue weighted by Crippen LogP contribution is 2.06. The van der Waals surface area contributed by atoms with E-state index in [1.165, 1.54) is 0 Å². The van der Waals surface area contributed by atoms with E-state index in [1.54, 1.807) is 6.20 Å². The molecule has 0 saturated carbocycles. The fourth-order valence-electron chi connectivity index (χ4n) is 1.30. The molecular weight excluding hydrogens is 218 g/mol. The average molecular weight is 239 g/mol. The summed E-state index contributed by atoms with van der Waals surface area (Å²) in [5, 5.41) is 0. The van der Waals surface area contributed by atoms with Crippen molar-refractivity contribution in [3.05, 3.63) is 23.9 Å². The second-order valence-electron chi connectivity index (χ2n) is 3.71. The maximum atomic E-state index is 5.48. The third-order valence-electron chi connectivity index (χ3n) is 2.26. The normalized spacial score (nSPS) is 10.5. The van der Waals surface area contributed by atoms with Crippen molar-refractivity contribution >= 4 is 5.82 Å². The molecular formula is C12H21N3O2. The van der Waals surface area contributed by atoms with Crippen molar-refractivity contribution < 1.29 is 9.47 Å². The zero-order valence-corrected chi connectivity index (χ0v) is 10.3. The highest BCUT2D eigenvalue weighted by Gasteiger charge is 1.96. The van der Waals surface area contributed by atoms with Gasteiger partial charge in [0, 0.05) is 12.8 Å². The summed E-state index contributed by atoms with van der Waals surface area (Å²) in [7, 11) is 0. The Bertz CT molecular complexity index is 308. The Kier molecular flexibility index (Phi) is 7.29. The minimum Gasteiger partial charge on any atom is -0.379 e. The Morgan fingerprint density at radius 3 is 2.88 bits per heavy atom. The minimum absolute atomic E-state index is 0.550. The van der Waals surface area contributed by atoms with Crippen LogP contribution in [0.3, 0.4) is 0 Å². The summed E-state index contributed by atoms with van der Waals surface area (Å²) in [6.07, 6.45) is 3.97. The number of nitrogens with two attached hydrogens (primary N) is 1. The molecule has 0 amide bonds. The number of nitrogens with one attached hydrogen (secondary N) is 1. The van der Waals surface area contributed by atoms with Crippen LogP contribution in [0.25, 0.3) is 0 Å². The number of aromatic nitrogens is 1. The standard InChI is InChI=1S/C12H21N3O2/c1-2-3-6-16-7-8-17-10-11-4-5-14-12(9-11)15-13/h4-5,9H,2-3,6-8,10,13H2,1H3,(H,14,15). The Balaban J connectivity index is 2.09. The van der Waals surface area contributed by atoms with Gasteiger partial charge in [-0.15, -0.1) is 0 Å². The van der Waals surface area contributed by atoms with Gasteiger partial charge in [-0.25, -0.2) is 10.8 Å². The fraction of sp³-hybridized carbons (Fsp3) is 0.583. The molecule has 0 fully saturated rings. The first kappa shape index (κ1) is 13.9. The molecule has 0 aliphatic rings. The van der Waals surface area contributed by atoms with Gasteiger partial charge in [0.2, 0.25) is 0 Å². The zero-order valence-electron chi connectivity index (χ0n) is 10.3. The first-order valence-corrected chi connectivity index (χ1v) is 5.94. The summed E-state index contributed by atoms with van der Waals surface area (Å²) < 4.78 is 10.9. The highest BCUT2D eigenvalue weighted by atomic mass is 16.5. The summed E-state index contributed by atoms with van der Waals surface area (Å²) in [5.74, 6) is 5.91. The van der Waals surface area contributed by atoms with Crippen molar-refractivity contribution in [2.75, 3.05) is 25.2 Å². The van der Waals surface area contributed by atoms with E-state index in [9.17, 15) is 0 Å². The van der Waals surface area contributed by atoms with E-state index < -0.39 is 0 Å². The Hall–Kier alpha value is -1.17. The number of hydrogen-bond donors (Lipinski definition) is 2. The molecule has 1 heterocycles. The highest BCUT2D eigenvalue weighted by molar-refractivity contribution is 5.35. The van der Waals surface area contributed by atoms with Crippen molar-refractivity contribution in [2.24, 2.45) is 5.84 Å². The first-order valence-electron chi connectivity index (χ1n) is 5.94. The molecule has 3 N–H and O–H groups in total. The summed E-state index contributed by atoms with van der Waals surface area (Å²) in [6.45, 7) is 4.77. The summed E-state index contributed by atoms with van der Waals surface area (Å²) in [4.78, 5) is 4.02. The van der Waals surface area contributed by atoms with Gasteiger partial charge in [-0.3, -0.25) is 0 Å². The smallest absolute Gasteiger partial charge is 0.140 e. The van der Waals surface area contributed by atoms with Crippen LogP contribution in [0.4, 0.5) is 5.82 Å². The molecule has 0 unspecified atom stereocenters. The lowest BCUT2D eigenvalue weighted by Gasteiger charge is -2.06. The van der Waals surface area contributed by atoms with Crippen LogP contribution in [-0.2, 0) is 16.1 Å². The molecule has 0 saturated heterocycles. The van der Waals surface area contributed by atoms with Gasteiger partial charge >= 0.3 is 0 Å². The fourth-order valence-corrected chi connectivity index (χ4v) is 1.30. The maximum absolute atomic E-state index is 5.48. The molecule has 0 atom stereocenters. The molecule has 0 aromatic carbocycles. The molecule has 1 aromatic rings. The Morgan fingerprint density at radius 1 is 1.29 bits per heavy atom. The van der Waals surface area contributed by atoms with Gasteiger partial charge in [-0.05, 0) is 24.1 Å². The first-order chi connectivity index (χ1) is 8.36. The van der Waals surface area contributed by atoms with Gasteiger partial charge in [0.1, 0.15) is 5.82 Å². The van der Waals surface area contributed by atoms with Gasteiger partial charge < -0.3 is 14.9 Å². The molecule has 0 spiro atoms. The van der Waals surface area contributed by atoms with E-state index in [1.807, 2.05) is 12.1 Å². The second-order valence-corrected chi connectivity index (χ2v) is 3.71. The summed E-state index contributed by atoms with van der Waals surface area (Å²) in [5.41, 5.74) is 3.54. The van der Waals surface area contributed by atoms with Crippen molar-refractivity contribution in [1.82, 2.24) is 4.98 Å². The summed E-state index contributed by atoms with van der Waals surface area (Å²) >= 11 is 0. The monoisotopic (exact) mass is 239 g/mol. The van der Waals surface area contributed by atoms with Crippen LogP contribution in [0.1, 0.15) is 25.3 Å². The number of hydrogen-bond acceptors (Lipinski definition) is 5. The van der Waals surface area contributed by atoms with Gasteiger partial charge in [-0.2, -0.15) is 0 Å². The van der Waals surface area contributed by atoms with E-state index >= 15 is 0 Å². The van der Waals surface area contributed by atoms with Crippen LogP contribution in [0, 0.1) is 0 Å². The van der Waals surface area contributed by atoms with E-state index in [4.69, 9.17) is 15.3 Å². The van der Waals surface area contributed by atoms with Gasteiger partial charge in [0.15, 0.2) is 0 Å². The quantitative estimate of drug-likeness (QED) is 0.390. The molecule has 0 radical (unpaired) electrons. The predicted octanol–water partition coefficient (Wildman–Crippen LogP) is 1.70. The van der Waals surface area contributed by atoms with Crippen molar-refractivity contribution in [1.29, 1.82) is 0 Å². The van der Waals surface area contributed by atoms with E-state index in [0.717, 1.165) is 25.0 Å². The van der Waals surface area contributed by atoms with E-state index in [2.05, 4.69) is 17.3 Å². The number of pyridine rings is 1. The average Bonchev–Trinajstić information content (AvgIpc) is 2.38. The van der Waals surface area contributed by atoms with Crippen LogP contribution in [0.5, 0.6) is 0 Å². The predicted molar refractivity (Wildman–Crippen MR) is 67.4 cm³/mol. The third kappa shape index (κ3) is 6.21. The van der Waals surface area contributed by atoms with E-state index in [-0.39, 0.29) is 0 Å². The molecule has 0 bridgehead atoms. The van der Waals surface area contributed by atoms with Crippen molar-refractivity contribution in [2.45, 2.75) is 26.4 Å². The molecule has 96 valence electrons. The lowest BCUT2D eigenvalue weighted by molar-refractivity contribution is 0.0397. The SMILES string of the molecule is CCCCOCCOCc1ccnc(NN)c1. The number of nitrogen functional groups attached to an aromatic ring is 1. The second kappa shape index (κ2) is 8.92. The van der Waals surface area contributed by atoms with Gasteiger partial charge in [0.25, 0.3) is 0 Å². The van der Waals surface area contributed by atoms with Crippen LogP contribution in [-0.4, -0.2) is 24.8 Å². The number of unbranched alkanes of at least 4 members (excludes halogenated alkanes) is 1. The van der Waals surface area contributed by atoms with Gasteiger partial charge in [-0.1, -0.05) is 13.3 Å². The lowest BCUT2D eigenvalue weighted by atomic mass is 10.3. The van der Waals surface area contributed by atoms with Crippen LogP contribution < -0.4 is 11.3 Å². The van der Waals surface area contributed by atoms with Gasteiger partial charge in [0.05, 0.1) is 19.8 Å². The molecule has 5 heteroatoms. The molecule has 0 aliphatic carbocycles. The number of rotatable bonds is 9. The zero-order chi connectivity index (χ0) is 12.3. The molecule has 1 rings (SSSR count). The minimum atomic E-state index is 0.550. The lowest BCUT2D eigenvalue weighted by Crippen LogP contribution is -2.09. The largest absolute Gasteiger partial charge is 0.379 e. The Labute approximate surface area is 102 Å². The molecule has 5 nitrogen and oxygen atoms in total. The van der Waals surface area contributed by atoms with Crippen LogP contribution in [0.15, 0.2) is 18.3 Å². The molecule has 1 aromatic heterocycles. The number of ether oxygens (including phenoxy) is 2. The summed E-state index contributed by atoms with van der Waals surface area (Å²) in [6, 6.07) is 3.76. The number of anilines is 1. The van der Waals surface area contributed by atoms with Crippen molar-refractivity contribution in [3.63, 3.8) is 0 Å². The third-order valence-corrected chi connectivity index (χ3v) is 2.26. The molecule has 0 aliphatic heterocycles. The van der Waals surface area contributed by atoms with Crippen LogP contribution >= 0.6 is 0 Å². The number of hydrazine groups is 1. The molecule has 17 heavy (non-hydrogen) atoms. The number of nitrogens with zero attached hydrogens (tertiary/aromatic N) is 1. The van der Waals surface area contributed by atoms with E-state index in [0.29, 0.717) is 25.6 Å². The van der Waals surface area contributed by atoms with Crippen molar-refractivity contribution in [3.8, 4) is 0 Å². The maximum Gasteiger partial charge on any atom is 0.140 e. The van der Waals surface area contributed by atoms with Crippen LogP contribution in [0.2, 0.25) is 0 Å².